The minimum Gasteiger partial charge on any atom is -0.381 e. The second kappa shape index (κ2) is 28.7. The Morgan fingerprint density at radius 2 is 1.08 bits per heavy atom. The van der Waals surface area contributed by atoms with E-state index in [9.17, 15) is 10.2 Å². The Labute approximate surface area is 316 Å². The summed E-state index contributed by atoms with van der Waals surface area (Å²) in [6.07, 6.45) is 8.83. The first-order valence-electron chi connectivity index (χ1n) is 20.9. The Kier molecular flexibility index (Phi) is 26.2. The second-order valence-electron chi connectivity index (χ2n) is 14.4. The molecule has 0 aromatic carbocycles. The lowest BCUT2D eigenvalue weighted by Crippen LogP contribution is -2.77. The summed E-state index contributed by atoms with van der Waals surface area (Å²) >= 11 is 0. The molecule has 10 atom stereocenters. The molecule has 10 unspecified atom stereocenters. The number of rotatable bonds is 34. The van der Waals surface area contributed by atoms with Gasteiger partial charge in [0.2, 0.25) is 0 Å². The lowest BCUT2D eigenvalue weighted by molar-refractivity contribution is -0.373. The number of unbranched alkanes of at least 4 members (excludes halogenated alkanes) is 7. The summed E-state index contributed by atoms with van der Waals surface area (Å²) in [7, 11) is 0. The summed E-state index contributed by atoms with van der Waals surface area (Å²) in [4.78, 5) is 0. The zero-order valence-electron chi connectivity index (χ0n) is 33.8. The second-order valence-corrected chi connectivity index (χ2v) is 14.4. The van der Waals surface area contributed by atoms with E-state index in [4.69, 9.17) is 42.6 Å². The molecule has 308 valence electrons. The fraction of sp³-hybridized carbons (Fsp3) is 0.951. The molecule has 0 spiro atoms. The van der Waals surface area contributed by atoms with Crippen molar-refractivity contribution < 1.29 is 52.8 Å². The van der Waals surface area contributed by atoms with E-state index >= 15 is 0 Å². The van der Waals surface area contributed by atoms with Crippen molar-refractivity contribution in [3.8, 4) is 0 Å². The fourth-order valence-corrected chi connectivity index (χ4v) is 6.54. The average molecular weight is 747 g/mol. The minimum atomic E-state index is -1.76. The van der Waals surface area contributed by atoms with E-state index in [1.807, 2.05) is 6.08 Å². The Bertz CT molecular complexity index is 865. The van der Waals surface area contributed by atoms with Gasteiger partial charge in [-0.1, -0.05) is 86.1 Å². The number of ether oxygens (including phenoxy) is 9. The standard InChI is InChI=1S/C41H78O11/c1-8-15-22-29-50-39-37(48-27-20-13-6)36(47-26-19-12-5)35(46-25-18-11-4)33(52-39)31-51-40(42)41(43)32(30-44-23-16-9-2)34(45-24-17-10-3)38(41)49-28-21-14-7/h8,32-40,42-43H,1,9-31H2,2-7H3. The highest BCUT2D eigenvalue weighted by molar-refractivity contribution is 5.14. The van der Waals surface area contributed by atoms with Crippen LogP contribution in [0.1, 0.15) is 131 Å². The SMILES string of the molecule is C=CCCCOC1OC(COC(O)C2(O)C(COCCCC)C(OCCCC)C2OCCCC)C(OCCCC)C(OCCCC)C1OCCCC. The van der Waals surface area contributed by atoms with Crippen LogP contribution < -0.4 is 0 Å². The highest BCUT2D eigenvalue weighted by atomic mass is 16.7. The highest BCUT2D eigenvalue weighted by Gasteiger charge is 2.67. The van der Waals surface area contributed by atoms with Crippen molar-refractivity contribution in [2.45, 2.75) is 186 Å². The zero-order chi connectivity index (χ0) is 38.0. The van der Waals surface area contributed by atoms with Crippen molar-refractivity contribution in [1.29, 1.82) is 0 Å². The van der Waals surface area contributed by atoms with Gasteiger partial charge >= 0.3 is 0 Å². The molecule has 11 nitrogen and oxygen atoms in total. The van der Waals surface area contributed by atoms with Crippen LogP contribution >= 0.6 is 0 Å². The summed E-state index contributed by atoms with van der Waals surface area (Å²) in [5, 5.41) is 24.1. The smallest absolute Gasteiger partial charge is 0.187 e. The van der Waals surface area contributed by atoms with Gasteiger partial charge in [-0.25, -0.2) is 0 Å². The molecule has 2 aliphatic rings. The Balaban J connectivity index is 2.39. The molecule has 0 aromatic rings. The van der Waals surface area contributed by atoms with Gasteiger partial charge in [0, 0.05) is 45.6 Å². The molecule has 1 heterocycles. The van der Waals surface area contributed by atoms with Gasteiger partial charge in [-0.2, -0.15) is 0 Å². The van der Waals surface area contributed by atoms with Crippen molar-refractivity contribution >= 4 is 0 Å². The van der Waals surface area contributed by atoms with Crippen LogP contribution in [-0.4, -0.2) is 124 Å². The van der Waals surface area contributed by atoms with Crippen molar-refractivity contribution in [2.24, 2.45) is 5.92 Å². The number of hydrogen-bond acceptors (Lipinski definition) is 11. The van der Waals surface area contributed by atoms with E-state index in [1.165, 1.54) is 0 Å². The molecule has 0 bridgehead atoms. The molecule has 1 aliphatic carbocycles. The quantitative estimate of drug-likeness (QED) is 0.0397. The molecule has 2 N–H and O–H groups in total. The molecule has 1 aliphatic heterocycles. The zero-order valence-corrected chi connectivity index (χ0v) is 33.8. The first-order chi connectivity index (χ1) is 25.4. The molecular weight excluding hydrogens is 668 g/mol. The number of hydrogen-bond donors (Lipinski definition) is 2. The number of allylic oxidation sites excluding steroid dienone is 1. The van der Waals surface area contributed by atoms with E-state index < -0.39 is 60.7 Å². The summed E-state index contributed by atoms with van der Waals surface area (Å²) in [5.41, 5.74) is -1.76. The Morgan fingerprint density at radius 1 is 0.596 bits per heavy atom. The monoisotopic (exact) mass is 747 g/mol. The van der Waals surface area contributed by atoms with Gasteiger partial charge < -0.3 is 52.8 Å². The van der Waals surface area contributed by atoms with Crippen LogP contribution in [0.5, 0.6) is 0 Å². The third-order valence-corrected chi connectivity index (χ3v) is 9.95. The number of aliphatic hydroxyl groups excluding tert-OH is 1. The summed E-state index contributed by atoms with van der Waals surface area (Å²) in [6.45, 7) is 20.3. The van der Waals surface area contributed by atoms with E-state index in [0.717, 1.165) is 89.9 Å². The summed E-state index contributed by atoms with van der Waals surface area (Å²) in [5.74, 6) is -0.547. The third-order valence-electron chi connectivity index (χ3n) is 9.95. The van der Waals surface area contributed by atoms with Gasteiger partial charge in [0.25, 0.3) is 0 Å². The maximum Gasteiger partial charge on any atom is 0.187 e. The van der Waals surface area contributed by atoms with Gasteiger partial charge in [-0.15, -0.1) is 6.58 Å². The van der Waals surface area contributed by atoms with Gasteiger partial charge in [0.05, 0.1) is 25.9 Å². The lowest BCUT2D eigenvalue weighted by atomic mass is 9.63. The maximum atomic E-state index is 12.3. The highest BCUT2D eigenvalue weighted by Crippen LogP contribution is 2.47. The van der Waals surface area contributed by atoms with Crippen LogP contribution in [0.4, 0.5) is 0 Å². The number of aliphatic hydroxyl groups is 2. The fourth-order valence-electron chi connectivity index (χ4n) is 6.54. The third kappa shape index (κ3) is 15.1. The van der Waals surface area contributed by atoms with Crippen LogP contribution in [0.2, 0.25) is 0 Å². The summed E-state index contributed by atoms with van der Waals surface area (Å²) < 4.78 is 57.4. The Hall–Kier alpha value is -0.700. The molecule has 1 saturated carbocycles. The topological polar surface area (TPSA) is 124 Å². The molecule has 0 radical (unpaired) electrons. The first kappa shape index (κ1) is 47.5. The average Bonchev–Trinajstić information content (AvgIpc) is 3.14. The van der Waals surface area contributed by atoms with Crippen molar-refractivity contribution in [1.82, 2.24) is 0 Å². The summed E-state index contributed by atoms with van der Waals surface area (Å²) in [6, 6.07) is 0. The molecule has 2 rings (SSSR count). The van der Waals surface area contributed by atoms with Crippen molar-refractivity contribution in [3.63, 3.8) is 0 Å². The van der Waals surface area contributed by atoms with Crippen LogP contribution in [-0.2, 0) is 42.6 Å². The van der Waals surface area contributed by atoms with Crippen LogP contribution in [0.3, 0.4) is 0 Å². The minimum absolute atomic E-state index is 0.0748. The van der Waals surface area contributed by atoms with Crippen LogP contribution in [0.15, 0.2) is 12.7 Å². The normalized spacial score (nSPS) is 29.6. The molecule has 0 aromatic heterocycles. The van der Waals surface area contributed by atoms with E-state index in [2.05, 4.69) is 48.1 Å². The Morgan fingerprint density at radius 3 is 1.63 bits per heavy atom. The molecule has 11 heteroatoms. The van der Waals surface area contributed by atoms with Crippen LogP contribution in [0, 0.1) is 5.92 Å². The van der Waals surface area contributed by atoms with Gasteiger partial charge in [0.1, 0.15) is 30.5 Å². The largest absolute Gasteiger partial charge is 0.381 e. The van der Waals surface area contributed by atoms with Crippen LogP contribution in [0.25, 0.3) is 0 Å². The maximum absolute atomic E-state index is 12.3. The molecule has 2 fully saturated rings. The molecule has 1 saturated heterocycles. The van der Waals surface area contributed by atoms with Gasteiger partial charge in [-0.05, 0) is 51.4 Å². The molecular formula is C41H78O11. The molecule has 52 heavy (non-hydrogen) atoms. The lowest BCUT2D eigenvalue weighted by Gasteiger charge is -2.58. The first-order valence-corrected chi connectivity index (χ1v) is 20.9. The van der Waals surface area contributed by atoms with Crippen molar-refractivity contribution in [2.75, 3.05) is 59.5 Å². The van der Waals surface area contributed by atoms with Gasteiger partial charge in [0.15, 0.2) is 18.2 Å². The predicted octanol–water partition coefficient (Wildman–Crippen LogP) is 7.13. The predicted molar refractivity (Wildman–Crippen MR) is 203 cm³/mol. The van der Waals surface area contributed by atoms with Gasteiger partial charge in [-0.3, -0.25) is 0 Å². The van der Waals surface area contributed by atoms with Crippen molar-refractivity contribution in [3.05, 3.63) is 12.7 Å². The van der Waals surface area contributed by atoms with E-state index in [1.54, 1.807) is 0 Å². The van der Waals surface area contributed by atoms with E-state index in [0.29, 0.717) is 46.2 Å². The molecule has 0 amide bonds. The van der Waals surface area contributed by atoms with E-state index in [-0.39, 0.29) is 13.2 Å².